The molecule has 138 valence electrons. The molecular weight excluding hydrogens is 326 g/mol. The minimum absolute atomic E-state index is 0.0527. The third-order valence-corrected chi connectivity index (χ3v) is 4.79. The first kappa shape index (κ1) is 18.4. The molecule has 0 spiro atoms. The van der Waals surface area contributed by atoms with E-state index in [9.17, 15) is 9.90 Å². The van der Waals surface area contributed by atoms with E-state index in [1.165, 1.54) is 5.56 Å². The zero-order chi connectivity index (χ0) is 18.2. The minimum Gasteiger partial charge on any atom is -0.508 e. The number of carbonyl (C=O) groups excluding carboxylic acids is 1. The van der Waals surface area contributed by atoms with Gasteiger partial charge in [-0.2, -0.15) is 0 Å². The largest absolute Gasteiger partial charge is 0.508 e. The fraction of sp³-hybridized carbons (Fsp3) is 0.381. The quantitative estimate of drug-likeness (QED) is 0.798. The highest BCUT2D eigenvalue weighted by molar-refractivity contribution is 5.78. The van der Waals surface area contributed by atoms with Crippen LogP contribution in [0.1, 0.15) is 11.1 Å². The molecule has 2 aromatic carbocycles. The molecule has 1 fully saturated rings. The van der Waals surface area contributed by atoms with Crippen LogP contribution in [0.15, 0.2) is 54.6 Å². The molecule has 1 aliphatic heterocycles. The van der Waals surface area contributed by atoms with Crippen molar-refractivity contribution in [3.63, 3.8) is 0 Å². The summed E-state index contributed by atoms with van der Waals surface area (Å²) in [6, 6.07) is 17.8. The maximum atomic E-state index is 12.1. The number of rotatable bonds is 7. The van der Waals surface area contributed by atoms with Crippen molar-refractivity contribution in [3.8, 4) is 5.75 Å². The van der Waals surface area contributed by atoms with Crippen LogP contribution in [0.2, 0.25) is 0 Å². The molecular formula is C21H27N3O2. The van der Waals surface area contributed by atoms with Gasteiger partial charge in [0.1, 0.15) is 5.75 Å². The van der Waals surface area contributed by atoms with Gasteiger partial charge in [-0.25, -0.2) is 0 Å². The van der Waals surface area contributed by atoms with Crippen molar-refractivity contribution in [1.29, 1.82) is 0 Å². The monoisotopic (exact) mass is 353 g/mol. The van der Waals surface area contributed by atoms with Gasteiger partial charge >= 0.3 is 0 Å². The van der Waals surface area contributed by atoms with E-state index < -0.39 is 0 Å². The first-order chi connectivity index (χ1) is 12.7. The summed E-state index contributed by atoms with van der Waals surface area (Å²) in [7, 11) is 0. The van der Waals surface area contributed by atoms with Crippen molar-refractivity contribution >= 4 is 5.91 Å². The van der Waals surface area contributed by atoms with Gasteiger partial charge in [0.2, 0.25) is 5.91 Å². The minimum atomic E-state index is 0.0527. The summed E-state index contributed by atoms with van der Waals surface area (Å²) < 4.78 is 0. The van der Waals surface area contributed by atoms with Gasteiger partial charge in [0.05, 0.1) is 6.54 Å². The highest BCUT2D eigenvalue weighted by Crippen LogP contribution is 2.15. The maximum absolute atomic E-state index is 12.1. The second kappa shape index (κ2) is 9.36. The SMILES string of the molecule is O=C(CN1CCN(Cc2ccccc2)CC1)NCCc1ccccc1O. The number of hydrogen-bond donors (Lipinski definition) is 2. The second-order valence-electron chi connectivity index (χ2n) is 6.77. The molecule has 2 N–H and O–H groups in total. The Hall–Kier alpha value is -2.37. The Morgan fingerprint density at radius 2 is 1.58 bits per heavy atom. The molecule has 5 heteroatoms. The van der Waals surface area contributed by atoms with Crippen molar-refractivity contribution in [1.82, 2.24) is 15.1 Å². The molecule has 0 unspecified atom stereocenters. The highest BCUT2D eigenvalue weighted by Gasteiger charge is 2.18. The molecule has 0 aromatic heterocycles. The summed E-state index contributed by atoms with van der Waals surface area (Å²) in [4.78, 5) is 16.8. The van der Waals surface area contributed by atoms with Gasteiger partial charge in [-0.05, 0) is 23.6 Å². The van der Waals surface area contributed by atoms with Crippen LogP contribution < -0.4 is 5.32 Å². The standard InChI is InChI=1S/C21H27N3O2/c25-20-9-5-4-8-19(20)10-11-22-21(26)17-24-14-12-23(13-15-24)16-18-6-2-1-3-7-18/h1-9,25H,10-17H2,(H,22,26). The van der Waals surface area contributed by atoms with Gasteiger partial charge in [-0.1, -0.05) is 48.5 Å². The number of para-hydroxylation sites is 1. The van der Waals surface area contributed by atoms with Gasteiger partial charge < -0.3 is 10.4 Å². The van der Waals surface area contributed by atoms with E-state index in [0.29, 0.717) is 19.5 Å². The van der Waals surface area contributed by atoms with Crippen LogP contribution in [0.4, 0.5) is 0 Å². The molecule has 1 saturated heterocycles. The number of aromatic hydroxyl groups is 1. The van der Waals surface area contributed by atoms with Crippen LogP contribution in [-0.2, 0) is 17.8 Å². The topological polar surface area (TPSA) is 55.8 Å². The molecule has 1 heterocycles. The number of hydrogen-bond acceptors (Lipinski definition) is 4. The van der Waals surface area contributed by atoms with E-state index in [4.69, 9.17) is 0 Å². The lowest BCUT2D eigenvalue weighted by molar-refractivity contribution is -0.122. The molecule has 2 aromatic rings. The predicted molar refractivity (Wildman–Crippen MR) is 103 cm³/mol. The Bertz CT molecular complexity index is 697. The van der Waals surface area contributed by atoms with Gasteiger partial charge in [0.15, 0.2) is 0 Å². The molecule has 0 bridgehead atoms. The first-order valence-corrected chi connectivity index (χ1v) is 9.23. The number of nitrogens with zero attached hydrogens (tertiary/aromatic N) is 2. The van der Waals surface area contributed by atoms with E-state index in [2.05, 4.69) is 39.4 Å². The molecule has 0 saturated carbocycles. The van der Waals surface area contributed by atoms with Crippen LogP contribution in [0.25, 0.3) is 0 Å². The van der Waals surface area contributed by atoms with E-state index in [-0.39, 0.29) is 11.7 Å². The summed E-state index contributed by atoms with van der Waals surface area (Å²) in [6.45, 7) is 5.77. The smallest absolute Gasteiger partial charge is 0.234 e. The number of nitrogens with one attached hydrogen (secondary N) is 1. The Balaban J connectivity index is 1.34. The molecule has 0 atom stereocenters. The third kappa shape index (κ3) is 5.58. The van der Waals surface area contributed by atoms with Crippen molar-refractivity contribution < 1.29 is 9.90 Å². The van der Waals surface area contributed by atoms with Crippen molar-refractivity contribution in [2.24, 2.45) is 0 Å². The lowest BCUT2D eigenvalue weighted by atomic mass is 10.1. The zero-order valence-electron chi connectivity index (χ0n) is 15.1. The maximum Gasteiger partial charge on any atom is 0.234 e. The summed E-state index contributed by atoms with van der Waals surface area (Å²) in [5.41, 5.74) is 2.20. The molecule has 0 aliphatic carbocycles. The number of carbonyl (C=O) groups is 1. The summed E-state index contributed by atoms with van der Waals surface area (Å²) in [5, 5.41) is 12.7. The molecule has 26 heavy (non-hydrogen) atoms. The van der Waals surface area contributed by atoms with Crippen LogP contribution in [0, 0.1) is 0 Å². The van der Waals surface area contributed by atoms with Gasteiger partial charge in [0.25, 0.3) is 0 Å². The lowest BCUT2D eigenvalue weighted by Crippen LogP contribution is -2.49. The molecule has 1 aliphatic rings. The lowest BCUT2D eigenvalue weighted by Gasteiger charge is -2.34. The number of phenols is 1. The van der Waals surface area contributed by atoms with E-state index in [1.54, 1.807) is 12.1 Å². The zero-order valence-corrected chi connectivity index (χ0v) is 15.1. The van der Waals surface area contributed by atoms with Crippen LogP contribution in [0.3, 0.4) is 0 Å². The summed E-state index contributed by atoms with van der Waals surface area (Å²) in [5.74, 6) is 0.341. The first-order valence-electron chi connectivity index (χ1n) is 9.23. The number of phenolic OH excluding ortho intramolecular Hbond substituents is 1. The van der Waals surface area contributed by atoms with E-state index in [0.717, 1.165) is 38.3 Å². The fourth-order valence-electron chi connectivity index (χ4n) is 3.26. The Kier molecular flexibility index (Phi) is 6.63. The Morgan fingerprint density at radius 3 is 2.31 bits per heavy atom. The molecule has 3 rings (SSSR count). The van der Waals surface area contributed by atoms with Crippen molar-refractivity contribution in [3.05, 3.63) is 65.7 Å². The van der Waals surface area contributed by atoms with E-state index >= 15 is 0 Å². The third-order valence-electron chi connectivity index (χ3n) is 4.79. The van der Waals surface area contributed by atoms with E-state index in [1.807, 2.05) is 18.2 Å². The molecule has 1 amide bonds. The van der Waals surface area contributed by atoms with Gasteiger partial charge in [-0.3, -0.25) is 14.6 Å². The summed E-state index contributed by atoms with van der Waals surface area (Å²) >= 11 is 0. The average molecular weight is 353 g/mol. The van der Waals surface area contributed by atoms with Crippen LogP contribution in [0.5, 0.6) is 5.75 Å². The molecule has 5 nitrogen and oxygen atoms in total. The van der Waals surface area contributed by atoms with Crippen molar-refractivity contribution in [2.75, 3.05) is 39.3 Å². The second-order valence-corrected chi connectivity index (χ2v) is 6.77. The Morgan fingerprint density at radius 1 is 0.923 bits per heavy atom. The summed E-state index contributed by atoms with van der Waals surface area (Å²) in [6.07, 6.45) is 0.642. The average Bonchev–Trinajstić information content (AvgIpc) is 2.66. The van der Waals surface area contributed by atoms with Crippen LogP contribution >= 0.6 is 0 Å². The van der Waals surface area contributed by atoms with Crippen molar-refractivity contribution in [2.45, 2.75) is 13.0 Å². The Labute approximate surface area is 155 Å². The van der Waals surface area contributed by atoms with Gasteiger partial charge in [-0.15, -0.1) is 0 Å². The molecule has 0 radical (unpaired) electrons. The van der Waals surface area contributed by atoms with Crippen LogP contribution in [-0.4, -0.2) is 60.1 Å². The predicted octanol–water partition coefficient (Wildman–Crippen LogP) is 1.87. The normalized spacial score (nSPS) is 15.7. The number of piperazine rings is 1. The highest BCUT2D eigenvalue weighted by atomic mass is 16.3. The number of benzene rings is 2. The fourth-order valence-corrected chi connectivity index (χ4v) is 3.26. The number of amides is 1. The van der Waals surface area contributed by atoms with Gasteiger partial charge in [0, 0.05) is 39.3 Å².